The molecule has 19 heavy (non-hydrogen) atoms. The molecule has 2 N–H and O–H groups in total. The number of anilines is 1. The van der Waals surface area contributed by atoms with Crippen LogP contribution in [0.5, 0.6) is 0 Å². The van der Waals surface area contributed by atoms with Gasteiger partial charge in [0.2, 0.25) is 11.9 Å². The highest BCUT2D eigenvalue weighted by Crippen LogP contribution is 2.01. The lowest BCUT2D eigenvalue weighted by molar-refractivity contribution is -0.124. The zero-order valence-corrected chi connectivity index (χ0v) is 10.5. The Morgan fingerprint density at radius 3 is 2.84 bits per heavy atom. The Balaban J connectivity index is 1.70. The van der Waals surface area contributed by atoms with Crippen molar-refractivity contribution in [3.8, 4) is 0 Å². The second-order valence-electron chi connectivity index (χ2n) is 3.84. The molecule has 2 aromatic rings. The van der Waals surface area contributed by atoms with Gasteiger partial charge in [0.1, 0.15) is 18.7 Å². The van der Waals surface area contributed by atoms with E-state index in [4.69, 9.17) is 0 Å². The lowest BCUT2D eigenvalue weighted by Crippen LogP contribution is -2.34. The van der Waals surface area contributed by atoms with Crippen LogP contribution in [-0.2, 0) is 4.79 Å². The van der Waals surface area contributed by atoms with Crippen molar-refractivity contribution >= 4 is 11.9 Å². The summed E-state index contributed by atoms with van der Waals surface area (Å²) >= 11 is 0. The van der Waals surface area contributed by atoms with Gasteiger partial charge in [-0.3, -0.25) is 4.79 Å². The van der Waals surface area contributed by atoms with Gasteiger partial charge in [-0.05, 0) is 13.0 Å². The zero-order chi connectivity index (χ0) is 13.5. The standard InChI is InChI=1S/C11H15N7O/c1-9(18-8-12-7-17-18)10(19)13-5-6-16-11-14-3-2-4-15-11/h2-4,7-9H,5-6H2,1H3,(H,13,19)(H,14,15,16)/t9-/m0/s1. The molecule has 0 bridgehead atoms. The van der Waals surface area contributed by atoms with E-state index in [1.54, 1.807) is 25.4 Å². The average molecular weight is 261 g/mol. The van der Waals surface area contributed by atoms with Gasteiger partial charge in [-0.2, -0.15) is 5.10 Å². The predicted molar refractivity (Wildman–Crippen MR) is 68.3 cm³/mol. The van der Waals surface area contributed by atoms with E-state index in [1.807, 2.05) is 0 Å². The van der Waals surface area contributed by atoms with Crippen LogP contribution < -0.4 is 10.6 Å². The summed E-state index contributed by atoms with van der Waals surface area (Å²) in [6, 6.07) is 1.36. The highest BCUT2D eigenvalue weighted by molar-refractivity contribution is 5.79. The number of nitrogens with one attached hydrogen (secondary N) is 2. The molecule has 0 saturated heterocycles. The molecule has 8 heteroatoms. The lowest BCUT2D eigenvalue weighted by atomic mass is 10.3. The topological polar surface area (TPSA) is 97.6 Å². The van der Waals surface area contributed by atoms with Crippen LogP contribution in [-0.4, -0.2) is 43.7 Å². The van der Waals surface area contributed by atoms with Crippen molar-refractivity contribution in [1.82, 2.24) is 30.0 Å². The molecule has 0 aliphatic heterocycles. The van der Waals surface area contributed by atoms with Crippen LogP contribution in [0.1, 0.15) is 13.0 Å². The van der Waals surface area contributed by atoms with E-state index in [2.05, 4.69) is 30.7 Å². The Hall–Kier alpha value is -2.51. The lowest BCUT2D eigenvalue weighted by Gasteiger charge is -2.12. The Kier molecular flexibility index (Phi) is 4.38. The molecule has 0 aromatic carbocycles. The molecule has 8 nitrogen and oxygen atoms in total. The SMILES string of the molecule is C[C@@H](C(=O)NCCNc1ncccn1)n1cncn1. The Morgan fingerprint density at radius 1 is 1.37 bits per heavy atom. The minimum absolute atomic E-state index is 0.110. The zero-order valence-electron chi connectivity index (χ0n) is 10.5. The Morgan fingerprint density at radius 2 is 2.16 bits per heavy atom. The first-order valence-corrected chi connectivity index (χ1v) is 5.90. The quantitative estimate of drug-likeness (QED) is 0.702. The predicted octanol–water partition coefficient (Wildman–Crippen LogP) is -0.143. The molecular weight excluding hydrogens is 246 g/mol. The third-order valence-corrected chi connectivity index (χ3v) is 2.49. The van der Waals surface area contributed by atoms with E-state index in [0.29, 0.717) is 19.0 Å². The number of hydrogen-bond acceptors (Lipinski definition) is 6. The van der Waals surface area contributed by atoms with Crippen molar-refractivity contribution in [2.45, 2.75) is 13.0 Å². The number of hydrogen-bond donors (Lipinski definition) is 2. The summed E-state index contributed by atoms with van der Waals surface area (Å²) in [7, 11) is 0. The van der Waals surface area contributed by atoms with Crippen LogP contribution in [0.15, 0.2) is 31.1 Å². The summed E-state index contributed by atoms with van der Waals surface area (Å²) in [4.78, 5) is 23.6. The molecule has 2 rings (SSSR count). The highest BCUT2D eigenvalue weighted by atomic mass is 16.2. The Bertz CT molecular complexity index is 499. The molecule has 0 unspecified atom stereocenters. The largest absolute Gasteiger partial charge is 0.352 e. The van der Waals surface area contributed by atoms with Crippen LogP contribution in [0.25, 0.3) is 0 Å². The fraction of sp³-hybridized carbons (Fsp3) is 0.364. The summed E-state index contributed by atoms with van der Waals surface area (Å²) in [6.07, 6.45) is 6.22. The molecular formula is C11H15N7O. The van der Waals surface area contributed by atoms with Crippen molar-refractivity contribution in [2.24, 2.45) is 0 Å². The summed E-state index contributed by atoms with van der Waals surface area (Å²) in [6.45, 7) is 2.80. The molecule has 100 valence electrons. The van der Waals surface area contributed by atoms with Gasteiger partial charge in [-0.1, -0.05) is 0 Å². The van der Waals surface area contributed by atoms with E-state index in [-0.39, 0.29) is 11.9 Å². The fourth-order valence-electron chi connectivity index (χ4n) is 1.44. The third-order valence-electron chi connectivity index (χ3n) is 2.49. The normalized spacial score (nSPS) is 11.8. The maximum atomic E-state index is 11.8. The van der Waals surface area contributed by atoms with Crippen molar-refractivity contribution in [2.75, 3.05) is 18.4 Å². The smallest absolute Gasteiger partial charge is 0.244 e. The number of carbonyl (C=O) groups excluding carboxylic acids is 1. The molecule has 0 radical (unpaired) electrons. The summed E-state index contributed by atoms with van der Waals surface area (Å²) in [5.41, 5.74) is 0. The van der Waals surface area contributed by atoms with E-state index in [9.17, 15) is 4.79 Å². The van der Waals surface area contributed by atoms with Gasteiger partial charge >= 0.3 is 0 Å². The van der Waals surface area contributed by atoms with Crippen molar-refractivity contribution in [3.05, 3.63) is 31.1 Å². The first kappa shape index (κ1) is 12.9. The van der Waals surface area contributed by atoms with Crippen molar-refractivity contribution in [3.63, 3.8) is 0 Å². The number of carbonyl (C=O) groups is 1. The third kappa shape index (κ3) is 3.73. The summed E-state index contributed by atoms with van der Waals surface area (Å²) in [5, 5.41) is 9.72. The van der Waals surface area contributed by atoms with Gasteiger partial charge in [-0.15, -0.1) is 0 Å². The number of rotatable bonds is 6. The summed E-state index contributed by atoms with van der Waals surface area (Å²) < 4.78 is 1.50. The minimum Gasteiger partial charge on any atom is -0.352 e. The number of amides is 1. The van der Waals surface area contributed by atoms with E-state index in [1.165, 1.54) is 17.3 Å². The molecule has 0 aliphatic rings. The molecule has 1 amide bonds. The van der Waals surface area contributed by atoms with E-state index < -0.39 is 0 Å². The number of nitrogens with zero attached hydrogens (tertiary/aromatic N) is 5. The van der Waals surface area contributed by atoms with Gasteiger partial charge < -0.3 is 10.6 Å². The van der Waals surface area contributed by atoms with Crippen LogP contribution in [0.3, 0.4) is 0 Å². The average Bonchev–Trinajstić information content (AvgIpc) is 2.98. The van der Waals surface area contributed by atoms with Crippen LogP contribution in [0.4, 0.5) is 5.95 Å². The molecule has 2 aromatic heterocycles. The summed E-state index contributed by atoms with van der Waals surface area (Å²) in [5.74, 6) is 0.433. The van der Waals surface area contributed by atoms with Gasteiger partial charge in [0.15, 0.2) is 0 Å². The Labute approximate surface area is 110 Å². The molecule has 0 aliphatic carbocycles. The van der Waals surface area contributed by atoms with Gasteiger partial charge in [0, 0.05) is 25.5 Å². The second kappa shape index (κ2) is 6.43. The fourth-order valence-corrected chi connectivity index (χ4v) is 1.44. The minimum atomic E-state index is -0.379. The molecule has 2 heterocycles. The molecule has 1 atom stereocenters. The monoisotopic (exact) mass is 261 g/mol. The second-order valence-corrected chi connectivity index (χ2v) is 3.84. The first-order chi connectivity index (χ1) is 9.27. The molecule has 0 saturated carbocycles. The number of aromatic nitrogens is 5. The maximum absolute atomic E-state index is 11.8. The van der Waals surface area contributed by atoms with Crippen molar-refractivity contribution in [1.29, 1.82) is 0 Å². The van der Waals surface area contributed by atoms with Crippen LogP contribution in [0, 0.1) is 0 Å². The van der Waals surface area contributed by atoms with Gasteiger partial charge in [-0.25, -0.2) is 19.6 Å². The van der Waals surface area contributed by atoms with E-state index in [0.717, 1.165) is 0 Å². The van der Waals surface area contributed by atoms with Crippen LogP contribution in [0.2, 0.25) is 0 Å². The van der Waals surface area contributed by atoms with Crippen LogP contribution >= 0.6 is 0 Å². The highest BCUT2D eigenvalue weighted by Gasteiger charge is 2.14. The first-order valence-electron chi connectivity index (χ1n) is 5.90. The molecule has 0 fully saturated rings. The molecule has 0 spiro atoms. The van der Waals surface area contributed by atoms with Gasteiger partial charge in [0.05, 0.1) is 0 Å². The van der Waals surface area contributed by atoms with Crippen molar-refractivity contribution < 1.29 is 4.79 Å². The van der Waals surface area contributed by atoms with E-state index >= 15 is 0 Å². The maximum Gasteiger partial charge on any atom is 0.244 e. The van der Waals surface area contributed by atoms with Gasteiger partial charge in [0.25, 0.3) is 0 Å².